The van der Waals surface area contributed by atoms with E-state index in [0.29, 0.717) is 19.7 Å². The van der Waals surface area contributed by atoms with Crippen LogP contribution in [0.2, 0.25) is 0 Å². The Morgan fingerprint density at radius 3 is 2.36 bits per heavy atom. The molecule has 0 saturated carbocycles. The van der Waals surface area contributed by atoms with E-state index in [4.69, 9.17) is 9.84 Å². The van der Waals surface area contributed by atoms with Gasteiger partial charge in [0.05, 0.1) is 19.7 Å². The maximum Gasteiger partial charge on any atom is 0.317 e. The first-order valence-electron chi connectivity index (χ1n) is 7.32. The summed E-state index contributed by atoms with van der Waals surface area (Å²) < 4.78 is 5.04. The number of hydrogen-bond acceptors (Lipinski definition) is 4. The van der Waals surface area contributed by atoms with E-state index >= 15 is 0 Å². The molecule has 0 aliphatic heterocycles. The van der Waals surface area contributed by atoms with Crippen molar-refractivity contribution in [2.75, 3.05) is 26.7 Å². The molecule has 22 heavy (non-hydrogen) atoms. The van der Waals surface area contributed by atoms with Crippen LogP contribution in [0.25, 0.3) is 0 Å². The summed E-state index contributed by atoms with van der Waals surface area (Å²) in [5.74, 6) is -1.09. The number of benzene rings is 1. The van der Waals surface area contributed by atoms with Crippen molar-refractivity contribution in [3.8, 4) is 0 Å². The van der Waals surface area contributed by atoms with Gasteiger partial charge in [-0.3, -0.25) is 14.5 Å². The summed E-state index contributed by atoms with van der Waals surface area (Å²) in [4.78, 5) is 24.3. The highest BCUT2D eigenvalue weighted by atomic mass is 16.5. The number of nitrogens with zero attached hydrogens (tertiary/aromatic N) is 1. The quantitative estimate of drug-likeness (QED) is 0.680. The van der Waals surface area contributed by atoms with E-state index < -0.39 is 5.97 Å². The minimum absolute atomic E-state index is 0.0991. The summed E-state index contributed by atoms with van der Waals surface area (Å²) in [7, 11) is 1.65. The lowest BCUT2D eigenvalue weighted by Crippen LogP contribution is -2.39. The lowest BCUT2D eigenvalue weighted by molar-refractivity contribution is -0.138. The molecule has 0 heterocycles. The van der Waals surface area contributed by atoms with E-state index in [1.54, 1.807) is 12.0 Å². The first kappa shape index (κ1) is 18.1. The van der Waals surface area contributed by atoms with Gasteiger partial charge in [0.25, 0.3) is 0 Å². The molecule has 0 fully saturated rings. The molecule has 2 N–H and O–H groups in total. The van der Waals surface area contributed by atoms with Gasteiger partial charge in [-0.2, -0.15) is 0 Å². The van der Waals surface area contributed by atoms with Crippen LogP contribution in [0.15, 0.2) is 24.3 Å². The summed E-state index contributed by atoms with van der Waals surface area (Å²) in [5.41, 5.74) is 2.07. The molecule has 0 aromatic heterocycles. The number of amides is 1. The fourth-order valence-electron chi connectivity index (χ4n) is 2.10. The number of carboxylic acid groups (broad SMARTS) is 1. The predicted molar refractivity (Wildman–Crippen MR) is 83.4 cm³/mol. The minimum Gasteiger partial charge on any atom is -0.480 e. The normalized spacial score (nSPS) is 10.7. The fraction of sp³-hybridized carbons (Fsp3) is 0.500. The summed E-state index contributed by atoms with van der Waals surface area (Å²) in [5, 5.41) is 11.6. The second-order valence-electron chi connectivity index (χ2n) is 5.13. The Morgan fingerprint density at radius 1 is 1.18 bits per heavy atom. The molecule has 1 aromatic carbocycles. The first-order chi connectivity index (χ1) is 10.5. The van der Waals surface area contributed by atoms with Gasteiger partial charge in [0.2, 0.25) is 5.91 Å². The van der Waals surface area contributed by atoms with E-state index in [1.165, 1.54) is 0 Å². The van der Waals surface area contributed by atoms with E-state index in [1.807, 2.05) is 31.2 Å². The van der Waals surface area contributed by atoms with Crippen LogP contribution in [-0.2, 0) is 27.5 Å². The maximum atomic E-state index is 11.9. The largest absolute Gasteiger partial charge is 0.480 e. The lowest BCUT2D eigenvalue weighted by atomic mass is 10.1. The van der Waals surface area contributed by atoms with Crippen LogP contribution in [0.4, 0.5) is 0 Å². The topological polar surface area (TPSA) is 78.9 Å². The number of methoxy groups -OCH3 is 1. The van der Waals surface area contributed by atoms with Crippen molar-refractivity contribution in [1.82, 2.24) is 10.2 Å². The molecule has 0 radical (unpaired) electrons. The number of carbonyl (C=O) groups is 2. The molecule has 1 rings (SSSR count). The van der Waals surface area contributed by atoms with Gasteiger partial charge in [-0.25, -0.2) is 0 Å². The van der Waals surface area contributed by atoms with Gasteiger partial charge in [0, 0.05) is 13.7 Å². The molecular formula is C16H24N2O4. The zero-order valence-electron chi connectivity index (χ0n) is 13.2. The van der Waals surface area contributed by atoms with Crippen LogP contribution in [0.1, 0.15) is 24.5 Å². The Balaban J connectivity index is 2.42. The zero-order chi connectivity index (χ0) is 16.4. The molecule has 0 aliphatic carbocycles. The molecule has 0 unspecified atom stereocenters. The third-order valence-electron chi connectivity index (χ3n) is 3.09. The lowest BCUT2D eigenvalue weighted by Gasteiger charge is -2.18. The Kier molecular flexibility index (Phi) is 8.17. The Morgan fingerprint density at radius 2 is 1.82 bits per heavy atom. The summed E-state index contributed by atoms with van der Waals surface area (Å²) in [6, 6.07) is 7.79. The van der Waals surface area contributed by atoms with Gasteiger partial charge in [0.15, 0.2) is 0 Å². The number of aliphatic carboxylic acids is 1. The first-order valence-corrected chi connectivity index (χ1v) is 7.32. The van der Waals surface area contributed by atoms with Crippen molar-refractivity contribution >= 4 is 11.9 Å². The third-order valence-corrected chi connectivity index (χ3v) is 3.09. The van der Waals surface area contributed by atoms with E-state index in [-0.39, 0.29) is 19.0 Å². The smallest absolute Gasteiger partial charge is 0.317 e. The molecule has 6 heteroatoms. The highest BCUT2D eigenvalue weighted by molar-refractivity contribution is 5.79. The van der Waals surface area contributed by atoms with Gasteiger partial charge in [-0.15, -0.1) is 0 Å². The second-order valence-corrected chi connectivity index (χ2v) is 5.13. The van der Waals surface area contributed by atoms with Gasteiger partial charge < -0.3 is 15.2 Å². The van der Waals surface area contributed by atoms with Crippen molar-refractivity contribution < 1.29 is 19.4 Å². The van der Waals surface area contributed by atoms with Gasteiger partial charge in [-0.1, -0.05) is 31.2 Å². The standard InChI is InChI=1S/C16H24N2O4/c1-3-8-18(11-16(20)21)10-15(19)17-9-13-4-6-14(7-5-13)12-22-2/h4-7H,3,8-12H2,1-2H3,(H,17,19)(H,20,21). The molecule has 122 valence electrons. The van der Waals surface area contributed by atoms with Gasteiger partial charge in [-0.05, 0) is 24.1 Å². The Labute approximate surface area is 131 Å². The van der Waals surface area contributed by atoms with Crippen molar-refractivity contribution in [3.05, 3.63) is 35.4 Å². The molecule has 0 atom stereocenters. The van der Waals surface area contributed by atoms with Crippen LogP contribution >= 0.6 is 0 Å². The highest BCUT2D eigenvalue weighted by Gasteiger charge is 2.12. The zero-order valence-corrected chi connectivity index (χ0v) is 13.2. The number of carboxylic acids is 1. The number of hydrogen-bond donors (Lipinski definition) is 2. The average Bonchev–Trinajstić information content (AvgIpc) is 2.46. The molecule has 0 bridgehead atoms. The molecular weight excluding hydrogens is 284 g/mol. The molecule has 1 amide bonds. The summed E-state index contributed by atoms with van der Waals surface area (Å²) in [6.45, 7) is 3.52. The SMILES string of the molecule is CCCN(CC(=O)O)CC(=O)NCc1ccc(COC)cc1. The van der Waals surface area contributed by atoms with Crippen molar-refractivity contribution in [3.63, 3.8) is 0 Å². The van der Waals surface area contributed by atoms with Gasteiger partial charge in [0.1, 0.15) is 0 Å². The number of ether oxygens (including phenoxy) is 1. The summed E-state index contributed by atoms with van der Waals surface area (Å²) in [6.07, 6.45) is 0.807. The summed E-state index contributed by atoms with van der Waals surface area (Å²) >= 11 is 0. The number of nitrogens with one attached hydrogen (secondary N) is 1. The monoisotopic (exact) mass is 308 g/mol. The minimum atomic E-state index is -0.921. The number of carbonyl (C=O) groups excluding carboxylic acids is 1. The van der Waals surface area contributed by atoms with Crippen LogP contribution in [0.5, 0.6) is 0 Å². The van der Waals surface area contributed by atoms with E-state index in [9.17, 15) is 9.59 Å². The van der Waals surface area contributed by atoms with Crippen LogP contribution in [0.3, 0.4) is 0 Å². The predicted octanol–water partition coefficient (Wildman–Crippen LogP) is 1.25. The third kappa shape index (κ3) is 7.19. The van der Waals surface area contributed by atoms with Crippen molar-refractivity contribution in [1.29, 1.82) is 0 Å². The molecule has 1 aromatic rings. The molecule has 0 spiro atoms. The van der Waals surface area contributed by atoms with Crippen LogP contribution < -0.4 is 5.32 Å². The molecule has 0 aliphatic rings. The van der Waals surface area contributed by atoms with Crippen molar-refractivity contribution in [2.45, 2.75) is 26.5 Å². The van der Waals surface area contributed by atoms with Gasteiger partial charge >= 0.3 is 5.97 Å². The van der Waals surface area contributed by atoms with Crippen LogP contribution in [0, 0.1) is 0 Å². The maximum absolute atomic E-state index is 11.9. The molecule has 6 nitrogen and oxygen atoms in total. The Hall–Kier alpha value is -1.92. The Bertz CT molecular complexity index is 474. The molecule has 0 saturated heterocycles. The average molecular weight is 308 g/mol. The van der Waals surface area contributed by atoms with E-state index in [2.05, 4.69) is 5.32 Å². The van der Waals surface area contributed by atoms with E-state index in [0.717, 1.165) is 17.5 Å². The van der Waals surface area contributed by atoms with Crippen molar-refractivity contribution in [2.24, 2.45) is 0 Å². The van der Waals surface area contributed by atoms with Crippen LogP contribution in [-0.4, -0.2) is 48.6 Å². The second kappa shape index (κ2) is 9.92. The highest BCUT2D eigenvalue weighted by Crippen LogP contribution is 2.05. The number of rotatable bonds is 10. The fourth-order valence-corrected chi connectivity index (χ4v) is 2.10.